The van der Waals surface area contributed by atoms with Gasteiger partial charge in [-0.05, 0) is 36.3 Å². The van der Waals surface area contributed by atoms with Crippen LogP contribution in [0.1, 0.15) is 16.7 Å². The molecule has 0 bridgehead atoms. The first kappa shape index (κ1) is 14.9. The van der Waals surface area contributed by atoms with Crippen molar-refractivity contribution in [2.45, 2.75) is 13.3 Å². The van der Waals surface area contributed by atoms with E-state index in [2.05, 4.69) is 20.9 Å². The summed E-state index contributed by atoms with van der Waals surface area (Å²) < 4.78 is 15.3. The average Bonchev–Trinajstić information content (AvgIpc) is 2.52. The number of halogens is 2. The number of aryl methyl sites for hydroxylation is 1. The molecule has 0 aliphatic rings. The zero-order valence-corrected chi connectivity index (χ0v) is 13.8. The molecule has 0 radical (unpaired) electrons. The van der Waals surface area contributed by atoms with Crippen molar-refractivity contribution in [2.24, 2.45) is 0 Å². The Hall–Kier alpha value is -2.00. The smallest absolute Gasteiger partial charge is 0.105 e. The standard InChI is InChI=1S/C19H15BrFN/c1-13-4-6-14(7-5-13)11-16(21)12-17-18(20)9-8-15-3-2-10-22-19(15)17/h2-11H,12H2,1H3/b16-11-. The van der Waals surface area contributed by atoms with E-state index in [1.54, 1.807) is 12.3 Å². The third kappa shape index (κ3) is 3.25. The van der Waals surface area contributed by atoms with Crippen LogP contribution in [0.4, 0.5) is 4.39 Å². The van der Waals surface area contributed by atoms with Crippen molar-refractivity contribution >= 4 is 32.9 Å². The lowest BCUT2D eigenvalue weighted by Crippen LogP contribution is -1.92. The molecule has 0 fully saturated rings. The molecule has 0 spiro atoms. The monoisotopic (exact) mass is 355 g/mol. The van der Waals surface area contributed by atoms with Crippen LogP contribution >= 0.6 is 15.9 Å². The van der Waals surface area contributed by atoms with Gasteiger partial charge in [-0.2, -0.15) is 0 Å². The second kappa shape index (κ2) is 6.41. The van der Waals surface area contributed by atoms with E-state index in [0.29, 0.717) is 0 Å². The van der Waals surface area contributed by atoms with Gasteiger partial charge in [-0.3, -0.25) is 4.98 Å². The Morgan fingerprint density at radius 2 is 1.91 bits per heavy atom. The summed E-state index contributed by atoms with van der Waals surface area (Å²) in [7, 11) is 0. The second-order valence-electron chi connectivity index (χ2n) is 5.28. The molecule has 1 aromatic heterocycles. The summed E-state index contributed by atoms with van der Waals surface area (Å²) >= 11 is 3.51. The number of hydrogen-bond donors (Lipinski definition) is 0. The van der Waals surface area contributed by atoms with Crippen LogP contribution in [0, 0.1) is 6.92 Å². The Morgan fingerprint density at radius 3 is 2.68 bits per heavy atom. The lowest BCUT2D eigenvalue weighted by atomic mass is 10.0. The first-order valence-electron chi connectivity index (χ1n) is 7.08. The number of benzene rings is 2. The minimum Gasteiger partial charge on any atom is -0.256 e. The van der Waals surface area contributed by atoms with Crippen molar-refractivity contribution in [2.75, 3.05) is 0 Å². The fourth-order valence-corrected chi connectivity index (χ4v) is 2.87. The van der Waals surface area contributed by atoms with Gasteiger partial charge in [0.25, 0.3) is 0 Å². The van der Waals surface area contributed by atoms with Gasteiger partial charge in [-0.1, -0.05) is 57.9 Å². The van der Waals surface area contributed by atoms with Crippen molar-refractivity contribution < 1.29 is 4.39 Å². The molecule has 0 atom stereocenters. The van der Waals surface area contributed by atoms with E-state index in [4.69, 9.17) is 0 Å². The van der Waals surface area contributed by atoms with Crippen LogP contribution in [0.2, 0.25) is 0 Å². The lowest BCUT2D eigenvalue weighted by Gasteiger charge is -2.07. The van der Waals surface area contributed by atoms with Crippen LogP contribution in [-0.2, 0) is 6.42 Å². The van der Waals surface area contributed by atoms with Crippen molar-refractivity contribution in [3.05, 3.63) is 81.7 Å². The van der Waals surface area contributed by atoms with Gasteiger partial charge in [0.2, 0.25) is 0 Å². The highest BCUT2D eigenvalue weighted by atomic mass is 79.9. The van der Waals surface area contributed by atoms with Gasteiger partial charge >= 0.3 is 0 Å². The second-order valence-corrected chi connectivity index (χ2v) is 6.13. The van der Waals surface area contributed by atoms with Crippen LogP contribution < -0.4 is 0 Å². The Morgan fingerprint density at radius 1 is 1.14 bits per heavy atom. The van der Waals surface area contributed by atoms with E-state index in [1.165, 1.54) is 5.56 Å². The van der Waals surface area contributed by atoms with E-state index < -0.39 is 0 Å². The van der Waals surface area contributed by atoms with Gasteiger partial charge in [0, 0.05) is 22.5 Å². The van der Waals surface area contributed by atoms with Gasteiger partial charge in [0.15, 0.2) is 0 Å². The molecule has 110 valence electrons. The zero-order chi connectivity index (χ0) is 15.5. The Balaban J connectivity index is 1.95. The van der Waals surface area contributed by atoms with Gasteiger partial charge in [0.1, 0.15) is 5.83 Å². The highest BCUT2D eigenvalue weighted by Gasteiger charge is 2.09. The molecule has 0 saturated carbocycles. The Kier molecular flexibility index (Phi) is 4.34. The molecule has 1 heterocycles. The van der Waals surface area contributed by atoms with Crippen LogP contribution in [-0.4, -0.2) is 4.98 Å². The topological polar surface area (TPSA) is 12.9 Å². The SMILES string of the molecule is Cc1ccc(/C=C(\F)Cc2c(Br)ccc3cccnc23)cc1. The molecule has 0 unspecified atom stereocenters. The number of aromatic nitrogens is 1. The third-order valence-corrected chi connectivity index (χ3v) is 4.31. The highest BCUT2D eigenvalue weighted by molar-refractivity contribution is 9.10. The summed E-state index contributed by atoms with van der Waals surface area (Å²) in [6, 6.07) is 15.6. The fraction of sp³-hybridized carbons (Fsp3) is 0.105. The summed E-state index contributed by atoms with van der Waals surface area (Å²) in [6.07, 6.45) is 3.54. The molecule has 3 heteroatoms. The maximum atomic E-state index is 14.4. The number of pyridine rings is 1. The molecule has 2 aromatic carbocycles. The molecular formula is C19H15BrFN. The van der Waals surface area contributed by atoms with Crippen molar-refractivity contribution in [3.63, 3.8) is 0 Å². The van der Waals surface area contributed by atoms with Crippen molar-refractivity contribution in [3.8, 4) is 0 Å². The predicted octanol–water partition coefficient (Wildman–Crippen LogP) is 5.86. The van der Waals surface area contributed by atoms with Crippen LogP contribution in [0.25, 0.3) is 17.0 Å². The minimum atomic E-state index is -0.178. The van der Waals surface area contributed by atoms with E-state index in [1.807, 2.05) is 55.5 Å². The van der Waals surface area contributed by atoms with Crippen molar-refractivity contribution in [1.82, 2.24) is 4.98 Å². The molecule has 0 amide bonds. The first-order chi connectivity index (χ1) is 10.6. The number of rotatable bonds is 3. The number of allylic oxidation sites excluding steroid dienone is 1. The molecule has 0 aliphatic carbocycles. The van der Waals surface area contributed by atoms with E-state index in [9.17, 15) is 4.39 Å². The Bertz CT molecular complexity index is 838. The van der Waals surface area contributed by atoms with Crippen LogP contribution in [0.5, 0.6) is 0 Å². The van der Waals surface area contributed by atoms with Gasteiger partial charge < -0.3 is 0 Å². The van der Waals surface area contributed by atoms with E-state index >= 15 is 0 Å². The van der Waals surface area contributed by atoms with E-state index in [-0.39, 0.29) is 12.2 Å². The highest BCUT2D eigenvalue weighted by Crippen LogP contribution is 2.28. The molecule has 0 saturated heterocycles. The molecule has 3 rings (SSSR count). The number of fused-ring (bicyclic) bond motifs is 1. The largest absolute Gasteiger partial charge is 0.256 e. The van der Waals surface area contributed by atoms with Crippen LogP contribution in [0.3, 0.4) is 0 Å². The summed E-state index contributed by atoms with van der Waals surface area (Å²) in [5, 5.41) is 1.02. The summed E-state index contributed by atoms with van der Waals surface area (Å²) in [6.45, 7) is 2.02. The lowest BCUT2D eigenvalue weighted by molar-refractivity contribution is 0.620. The third-order valence-electron chi connectivity index (χ3n) is 3.57. The number of hydrogen-bond acceptors (Lipinski definition) is 1. The van der Waals surface area contributed by atoms with Gasteiger partial charge in [-0.15, -0.1) is 0 Å². The minimum absolute atomic E-state index is 0.178. The van der Waals surface area contributed by atoms with Crippen LogP contribution in [0.15, 0.2) is 65.0 Å². The fourth-order valence-electron chi connectivity index (χ4n) is 2.41. The maximum absolute atomic E-state index is 14.4. The molecular weight excluding hydrogens is 341 g/mol. The molecule has 0 N–H and O–H groups in total. The molecule has 22 heavy (non-hydrogen) atoms. The quantitative estimate of drug-likeness (QED) is 0.573. The van der Waals surface area contributed by atoms with E-state index in [0.717, 1.165) is 26.5 Å². The van der Waals surface area contributed by atoms with Gasteiger partial charge in [0.05, 0.1) is 5.52 Å². The normalized spacial score (nSPS) is 11.9. The van der Waals surface area contributed by atoms with Gasteiger partial charge in [-0.25, -0.2) is 4.39 Å². The zero-order valence-electron chi connectivity index (χ0n) is 12.2. The average molecular weight is 356 g/mol. The summed E-state index contributed by atoms with van der Waals surface area (Å²) in [4.78, 5) is 4.39. The Labute approximate surface area is 137 Å². The summed E-state index contributed by atoms with van der Waals surface area (Å²) in [5.41, 5.74) is 3.74. The molecule has 1 nitrogen and oxygen atoms in total. The van der Waals surface area contributed by atoms with Crippen molar-refractivity contribution in [1.29, 1.82) is 0 Å². The number of nitrogens with zero attached hydrogens (tertiary/aromatic N) is 1. The molecule has 3 aromatic rings. The molecule has 0 aliphatic heterocycles. The predicted molar refractivity (Wildman–Crippen MR) is 93.4 cm³/mol. The first-order valence-corrected chi connectivity index (χ1v) is 7.87. The maximum Gasteiger partial charge on any atom is 0.105 e. The summed E-state index contributed by atoms with van der Waals surface area (Å²) in [5.74, 6) is -0.178.